The number of ether oxygens (including phenoxy) is 1. The fourth-order valence-electron chi connectivity index (χ4n) is 3.19. The largest absolute Gasteiger partial charge is 0.438 e. The van der Waals surface area contributed by atoms with Crippen LogP contribution in [0.3, 0.4) is 0 Å². The summed E-state index contributed by atoms with van der Waals surface area (Å²) in [6.45, 7) is 5.87. The van der Waals surface area contributed by atoms with Gasteiger partial charge >= 0.3 is 6.18 Å². The molecule has 0 aliphatic carbocycles. The summed E-state index contributed by atoms with van der Waals surface area (Å²) >= 11 is 0. The molecule has 174 valence electrons. The number of nitrogens with zero attached hydrogens (tertiary/aromatic N) is 4. The number of anilines is 1. The fourth-order valence-corrected chi connectivity index (χ4v) is 3.19. The van der Waals surface area contributed by atoms with Gasteiger partial charge in [-0.25, -0.2) is 4.68 Å². The Kier molecular flexibility index (Phi) is 6.06. The molecule has 7 nitrogen and oxygen atoms in total. The van der Waals surface area contributed by atoms with E-state index in [2.05, 4.69) is 20.6 Å². The molecule has 4 aromatic rings. The summed E-state index contributed by atoms with van der Waals surface area (Å²) in [6.07, 6.45) is -4.52. The molecule has 0 bridgehead atoms. The highest BCUT2D eigenvalue weighted by Crippen LogP contribution is 2.30. The van der Waals surface area contributed by atoms with Crippen LogP contribution in [0.25, 0.3) is 5.82 Å². The molecule has 1 N–H and O–H groups in total. The van der Waals surface area contributed by atoms with Crippen molar-refractivity contribution < 1.29 is 22.7 Å². The number of aromatic nitrogens is 4. The second kappa shape index (κ2) is 8.97. The third kappa shape index (κ3) is 4.90. The number of benzene rings is 2. The third-order valence-electron chi connectivity index (χ3n) is 5.28. The van der Waals surface area contributed by atoms with E-state index in [9.17, 15) is 18.0 Å². The predicted octanol–water partition coefficient (Wildman–Crippen LogP) is 5.65. The Morgan fingerprint density at radius 3 is 2.29 bits per heavy atom. The molecule has 10 heteroatoms. The third-order valence-corrected chi connectivity index (χ3v) is 5.28. The van der Waals surface area contributed by atoms with Crippen LogP contribution in [-0.4, -0.2) is 25.9 Å². The summed E-state index contributed by atoms with van der Waals surface area (Å²) in [5, 5.41) is 15.3. The number of hydrogen-bond acceptors (Lipinski definition) is 5. The van der Waals surface area contributed by atoms with Crippen LogP contribution >= 0.6 is 0 Å². The molecule has 2 heterocycles. The number of hydrogen-bond donors (Lipinski definition) is 1. The van der Waals surface area contributed by atoms with E-state index in [0.29, 0.717) is 17.3 Å². The van der Waals surface area contributed by atoms with Crippen LogP contribution in [0.1, 0.15) is 32.9 Å². The number of rotatable bonds is 5. The molecule has 0 aliphatic rings. The average Bonchev–Trinajstić information content (AvgIpc) is 3.07. The van der Waals surface area contributed by atoms with E-state index in [1.165, 1.54) is 12.1 Å². The van der Waals surface area contributed by atoms with Gasteiger partial charge in [0.2, 0.25) is 5.88 Å². The fraction of sp³-hybridized carbons (Fsp3) is 0.167. The normalized spacial score (nSPS) is 11.4. The van der Waals surface area contributed by atoms with Crippen LogP contribution in [0, 0.1) is 20.8 Å². The van der Waals surface area contributed by atoms with Crippen molar-refractivity contribution in [1.29, 1.82) is 0 Å². The van der Waals surface area contributed by atoms with Crippen molar-refractivity contribution in [3.63, 3.8) is 0 Å². The highest BCUT2D eigenvalue weighted by atomic mass is 19.4. The lowest BCUT2D eigenvalue weighted by Gasteiger charge is -2.10. The van der Waals surface area contributed by atoms with E-state index in [0.717, 1.165) is 29.1 Å². The minimum absolute atomic E-state index is 0.0941. The first-order valence-corrected chi connectivity index (χ1v) is 10.3. The first kappa shape index (κ1) is 23.0. The topological polar surface area (TPSA) is 81.9 Å². The zero-order valence-electron chi connectivity index (χ0n) is 18.5. The first-order chi connectivity index (χ1) is 16.1. The van der Waals surface area contributed by atoms with Crippen molar-refractivity contribution in [2.75, 3.05) is 5.32 Å². The van der Waals surface area contributed by atoms with Gasteiger partial charge in [-0.3, -0.25) is 4.79 Å². The van der Waals surface area contributed by atoms with Gasteiger partial charge in [-0.05, 0) is 74.9 Å². The van der Waals surface area contributed by atoms with Crippen LogP contribution in [0.4, 0.5) is 18.9 Å². The maximum Gasteiger partial charge on any atom is 0.416 e. The summed E-state index contributed by atoms with van der Waals surface area (Å²) in [5.74, 6) is 0.623. The monoisotopic (exact) mass is 467 g/mol. The van der Waals surface area contributed by atoms with E-state index in [-0.39, 0.29) is 11.4 Å². The maximum atomic E-state index is 12.9. The summed E-state index contributed by atoms with van der Waals surface area (Å²) in [7, 11) is 0. The number of amides is 1. The van der Waals surface area contributed by atoms with Crippen molar-refractivity contribution in [1.82, 2.24) is 20.0 Å². The van der Waals surface area contributed by atoms with Gasteiger partial charge in [0.1, 0.15) is 5.75 Å². The van der Waals surface area contributed by atoms with Crippen LogP contribution in [0.15, 0.2) is 60.7 Å². The van der Waals surface area contributed by atoms with Gasteiger partial charge in [-0.2, -0.15) is 18.3 Å². The molecule has 0 atom stereocenters. The van der Waals surface area contributed by atoms with Crippen LogP contribution in [0.5, 0.6) is 11.6 Å². The SMILES string of the molecule is Cc1nn(-c2ccc(Oc3ccc(NC(=O)c4cccc(C(F)(F)F)c4)cc3)nn2)c(C)c1C. The highest BCUT2D eigenvalue weighted by molar-refractivity contribution is 6.04. The number of aryl methyl sites for hydroxylation is 1. The number of nitrogens with one attached hydrogen (secondary N) is 1. The molecule has 2 aromatic carbocycles. The molecule has 0 saturated carbocycles. The quantitative estimate of drug-likeness (QED) is 0.410. The second-order valence-corrected chi connectivity index (χ2v) is 7.60. The molecule has 0 aliphatic heterocycles. The lowest BCUT2D eigenvalue weighted by Crippen LogP contribution is -2.13. The van der Waals surface area contributed by atoms with Crippen molar-refractivity contribution in [2.45, 2.75) is 26.9 Å². The van der Waals surface area contributed by atoms with Crippen LogP contribution in [0.2, 0.25) is 0 Å². The maximum absolute atomic E-state index is 12.9. The van der Waals surface area contributed by atoms with E-state index in [1.807, 2.05) is 20.8 Å². The van der Waals surface area contributed by atoms with Crippen LogP contribution in [-0.2, 0) is 6.18 Å². The van der Waals surface area contributed by atoms with E-state index >= 15 is 0 Å². The van der Waals surface area contributed by atoms with Crippen molar-refractivity contribution in [3.05, 3.63) is 88.7 Å². The predicted molar refractivity (Wildman–Crippen MR) is 119 cm³/mol. The number of alkyl halides is 3. The summed E-state index contributed by atoms with van der Waals surface area (Å²) < 4.78 is 46.0. The molecule has 0 radical (unpaired) electrons. The van der Waals surface area contributed by atoms with Gasteiger partial charge in [-0.1, -0.05) is 6.07 Å². The lowest BCUT2D eigenvalue weighted by atomic mass is 10.1. The summed E-state index contributed by atoms with van der Waals surface area (Å²) in [5.41, 5.74) is 2.40. The molecule has 0 spiro atoms. The standard InChI is InChI=1S/C24H20F3N5O2/c1-14-15(2)31-32(16(14)3)21-11-12-22(30-29-21)34-20-9-7-19(8-10-20)28-23(33)17-5-4-6-18(13-17)24(25,26)27/h4-13H,1-3H3,(H,28,33). The van der Waals surface area contributed by atoms with Crippen molar-refractivity contribution >= 4 is 11.6 Å². The molecule has 0 fully saturated rings. The molecule has 1 amide bonds. The Labute approximate surface area is 193 Å². The number of carbonyl (C=O) groups excluding carboxylic acids is 1. The Balaban J connectivity index is 1.41. The highest BCUT2D eigenvalue weighted by Gasteiger charge is 2.30. The Morgan fingerprint density at radius 1 is 0.971 bits per heavy atom. The minimum Gasteiger partial charge on any atom is -0.438 e. The van der Waals surface area contributed by atoms with Gasteiger partial charge in [0, 0.05) is 23.0 Å². The second-order valence-electron chi connectivity index (χ2n) is 7.60. The van der Waals surface area contributed by atoms with Crippen molar-refractivity contribution in [2.24, 2.45) is 0 Å². The van der Waals surface area contributed by atoms with Gasteiger partial charge in [-0.15, -0.1) is 10.2 Å². The van der Waals surface area contributed by atoms with Gasteiger partial charge in [0.05, 0.1) is 11.3 Å². The summed E-state index contributed by atoms with van der Waals surface area (Å²) in [6, 6.07) is 14.0. The van der Waals surface area contributed by atoms with Crippen LogP contribution < -0.4 is 10.1 Å². The van der Waals surface area contributed by atoms with Gasteiger partial charge < -0.3 is 10.1 Å². The van der Waals surface area contributed by atoms with Gasteiger partial charge in [0.25, 0.3) is 5.91 Å². The lowest BCUT2D eigenvalue weighted by molar-refractivity contribution is -0.137. The Bertz CT molecular complexity index is 1330. The minimum atomic E-state index is -4.52. The number of carbonyl (C=O) groups is 1. The summed E-state index contributed by atoms with van der Waals surface area (Å²) in [4.78, 5) is 12.3. The van der Waals surface area contributed by atoms with E-state index in [4.69, 9.17) is 4.74 Å². The van der Waals surface area contributed by atoms with E-state index < -0.39 is 17.6 Å². The molecule has 0 unspecified atom stereocenters. The van der Waals surface area contributed by atoms with Crippen molar-refractivity contribution in [3.8, 4) is 17.4 Å². The number of halogens is 3. The Morgan fingerprint density at radius 2 is 1.71 bits per heavy atom. The molecule has 34 heavy (non-hydrogen) atoms. The molecular formula is C24H20F3N5O2. The molecule has 2 aromatic heterocycles. The zero-order valence-corrected chi connectivity index (χ0v) is 18.5. The zero-order chi connectivity index (χ0) is 24.5. The molecule has 0 saturated heterocycles. The van der Waals surface area contributed by atoms with E-state index in [1.54, 1.807) is 41.1 Å². The first-order valence-electron chi connectivity index (χ1n) is 10.3. The Hall–Kier alpha value is -4.21. The molecular weight excluding hydrogens is 447 g/mol. The molecule has 4 rings (SSSR count). The van der Waals surface area contributed by atoms with Gasteiger partial charge in [0.15, 0.2) is 5.82 Å². The average molecular weight is 467 g/mol. The smallest absolute Gasteiger partial charge is 0.416 e.